The fraction of sp³-hybridized carbons (Fsp3) is 0.0952. The molecule has 3 N–H and O–H groups in total. The lowest BCUT2D eigenvalue weighted by molar-refractivity contribution is 0.102. The number of phenols is 1. The maximum absolute atomic E-state index is 12.8. The number of hydrogen-bond donors (Lipinski definition) is 3. The van der Waals surface area contributed by atoms with Gasteiger partial charge in [-0.15, -0.1) is 20.4 Å². The van der Waals surface area contributed by atoms with Gasteiger partial charge in [-0.2, -0.15) is 0 Å². The van der Waals surface area contributed by atoms with Crippen molar-refractivity contribution in [3.8, 4) is 5.75 Å². The molecule has 4 rings (SSSR count). The minimum absolute atomic E-state index is 0.0716. The Labute approximate surface area is 175 Å². The number of fused-ring (bicyclic) bond motifs is 1. The Hall–Kier alpha value is -3.69. The van der Waals surface area contributed by atoms with E-state index in [0.29, 0.717) is 16.2 Å². The van der Waals surface area contributed by atoms with E-state index in [9.17, 15) is 9.90 Å². The normalized spacial score (nSPS) is 11.3. The minimum Gasteiger partial charge on any atom is -0.505 e. The lowest BCUT2D eigenvalue weighted by atomic mass is 10.0. The summed E-state index contributed by atoms with van der Waals surface area (Å²) in [6, 6.07) is 15.7. The molecule has 0 saturated carbocycles. The van der Waals surface area contributed by atoms with Crippen LogP contribution in [0.1, 0.15) is 20.9 Å². The van der Waals surface area contributed by atoms with E-state index in [4.69, 9.17) is 5.11 Å². The molecule has 0 aliphatic heterocycles. The van der Waals surface area contributed by atoms with E-state index in [2.05, 4.69) is 25.7 Å². The van der Waals surface area contributed by atoms with Gasteiger partial charge in [0.05, 0.1) is 12.2 Å². The summed E-state index contributed by atoms with van der Waals surface area (Å²) in [6.07, 6.45) is 0. The molecule has 0 bridgehead atoms. The first-order valence-corrected chi connectivity index (χ1v) is 9.84. The van der Waals surface area contributed by atoms with E-state index in [1.165, 1.54) is 11.3 Å². The molecule has 0 radical (unpaired) electrons. The Bertz CT molecular complexity index is 1250. The van der Waals surface area contributed by atoms with Crippen LogP contribution in [0.3, 0.4) is 0 Å². The lowest BCUT2D eigenvalue weighted by Gasteiger charge is -2.11. The Balaban J connectivity index is 1.73. The number of phenolic OH excluding ortho intramolecular Hbond substituents is 1. The van der Waals surface area contributed by atoms with Crippen molar-refractivity contribution in [3.05, 3.63) is 70.7 Å². The Morgan fingerprint density at radius 1 is 1.10 bits per heavy atom. The van der Waals surface area contributed by atoms with Crippen LogP contribution in [-0.2, 0) is 6.61 Å². The zero-order valence-corrected chi connectivity index (χ0v) is 16.7. The molecule has 0 unspecified atom stereocenters. The second kappa shape index (κ2) is 8.36. The average molecular weight is 419 g/mol. The maximum Gasteiger partial charge on any atom is 0.259 e. The van der Waals surface area contributed by atoms with Crippen LogP contribution in [-0.4, -0.2) is 26.3 Å². The van der Waals surface area contributed by atoms with Crippen LogP contribution >= 0.6 is 11.3 Å². The first-order valence-electron chi connectivity index (χ1n) is 9.03. The maximum atomic E-state index is 12.8. The first kappa shape index (κ1) is 19.6. The highest BCUT2D eigenvalue weighted by atomic mass is 32.1. The molecule has 4 aromatic rings. The molecule has 150 valence electrons. The zero-order valence-electron chi connectivity index (χ0n) is 15.9. The third-order valence-corrected chi connectivity index (χ3v) is 5.11. The Morgan fingerprint density at radius 2 is 1.87 bits per heavy atom. The topological polar surface area (TPSA) is 120 Å². The highest BCUT2D eigenvalue weighted by Gasteiger charge is 2.18. The monoisotopic (exact) mass is 419 g/mol. The second-order valence-electron chi connectivity index (χ2n) is 6.46. The number of azo groups is 1. The van der Waals surface area contributed by atoms with E-state index >= 15 is 0 Å². The molecular formula is C21H17N5O3S. The number of benzene rings is 3. The number of aliphatic hydroxyl groups excluding tert-OH is 1. The molecule has 0 fully saturated rings. The van der Waals surface area contributed by atoms with Crippen molar-refractivity contribution in [2.45, 2.75) is 13.5 Å². The predicted octanol–water partition coefficient (Wildman–Crippen LogP) is 4.87. The highest BCUT2D eigenvalue weighted by molar-refractivity contribution is 7.14. The van der Waals surface area contributed by atoms with Crippen LogP contribution in [0.25, 0.3) is 10.8 Å². The number of carbonyl (C=O) groups excluding carboxylic acids is 1. The van der Waals surface area contributed by atoms with Crippen LogP contribution in [0.4, 0.5) is 16.5 Å². The predicted molar refractivity (Wildman–Crippen MR) is 115 cm³/mol. The summed E-state index contributed by atoms with van der Waals surface area (Å²) in [5.41, 5.74) is 1.53. The molecule has 8 nitrogen and oxygen atoms in total. The van der Waals surface area contributed by atoms with Crippen LogP contribution in [0.15, 0.2) is 64.8 Å². The molecule has 1 heterocycles. The van der Waals surface area contributed by atoms with Gasteiger partial charge in [-0.05, 0) is 36.1 Å². The van der Waals surface area contributed by atoms with Crippen LogP contribution < -0.4 is 5.32 Å². The third kappa shape index (κ3) is 4.02. The molecule has 3 aromatic carbocycles. The number of anilines is 1. The van der Waals surface area contributed by atoms with Crippen molar-refractivity contribution in [2.75, 3.05) is 5.32 Å². The van der Waals surface area contributed by atoms with Gasteiger partial charge in [0.1, 0.15) is 10.7 Å². The zero-order chi connectivity index (χ0) is 21.1. The summed E-state index contributed by atoms with van der Waals surface area (Å²) in [5.74, 6) is -0.763. The standard InChI is InChI=1S/C21H17N5O3S/c1-12-23-25-21(30-12)26-24-18-16-5-3-2-4-14(16)10-17(19(18)28)20(29)22-15-8-6-13(11-27)7-9-15/h2-10,27-28H,11H2,1H3,(H,22,29). The van der Waals surface area contributed by atoms with Gasteiger partial charge >= 0.3 is 0 Å². The van der Waals surface area contributed by atoms with Gasteiger partial charge in [0.2, 0.25) is 0 Å². The minimum atomic E-state index is -0.488. The Morgan fingerprint density at radius 3 is 2.57 bits per heavy atom. The number of aromatic nitrogens is 2. The fourth-order valence-corrected chi connectivity index (χ4v) is 3.41. The van der Waals surface area contributed by atoms with Gasteiger partial charge in [-0.3, -0.25) is 4.79 Å². The van der Waals surface area contributed by atoms with E-state index in [-0.39, 0.29) is 23.6 Å². The summed E-state index contributed by atoms with van der Waals surface area (Å²) in [5, 5.41) is 41.2. The highest BCUT2D eigenvalue weighted by Crippen LogP contribution is 2.39. The SMILES string of the molecule is Cc1nnc(N=Nc2c(O)c(C(=O)Nc3ccc(CO)cc3)cc3ccccc23)s1. The van der Waals surface area contributed by atoms with Crippen LogP contribution in [0.5, 0.6) is 5.75 Å². The summed E-state index contributed by atoms with van der Waals surface area (Å²) < 4.78 is 0. The number of aromatic hydroxyl groups is 1. The fourth-order valence-electron chi connectivity index (χ4n) is 2.90. The van der Waals surface area contributed by atoms with Crippen molar-refractivity contribution in [1.82, 2.24) is 10.2 Å². The first-order chi connectivity index (χ1) is 14.5. The van der Waals surface area contributed by atoms with Gasteiger partial charge in [0.25, 0.3) is 11.0 Å². The van der Waals surface area contributed by atoms with Crippen LogP contribution in [0, 0.1) is 6.92 Å². The number of aliphatic hydroxyl groups is 1. The molecular weight excluding hydrogens is 402 g/mol. The average Bonchev–Trinajstić information content (AvgIpc) is 3.18. The van der Waals surface area contributed by atoms with Crippen molar-refractivity contribution in [2.24, 2.45) is 10.2 Å². The van der Waals surface area contributed by atoms with Crippen molar-refractivity contribution in [1.29, 1.82) is 0 Å². The van der Waals surface area contributed by atoms with Gasteiger partial charge < -0.3 is 15.5 Å². The molecule has 0 aliphatic rings. The third-order valence-electron chi connectivity index (χ3n) is 4.39. The number of rotatable bonds is 5. The smallest absolute Gasteiger partial charge is 0.259 e. The van der Waals surface area contributed by atoms with E-state index in [1.807, 2.05) is 25.1 Å². The molecule has 0 spiro atoms. The van der Waals surface area contributed by atoms with Crippen molar-refractivity contribution < 1.29 is 15.0 Å². The van der Waals surface area contributed by atoms with Gasteiger partial charge in [-0.1, -0.05) is 47.7 Å². The molecule has 0 aliphatic carbocycles. The number of aryl methyl sites for hydroxylation is 1. The number of carbonyl (C=O) groups is 1. The molecule has 0 atom stereocenters. The van der Waals surface area contributed by atoms with Gasteiger partial charge in [0, 0.05) is 11.1 Å². The molecule has 30 heavy (non-hydrogen) atoms. The van der Waals surface area contributed by atoms with E-state index < -0.39 is 5.91 Å². The van der Waals surface area contributed by atoms with Gasteiger partial charge in [0.15, 0.2) is 5.75 Å². The van der Waals surface area contributed by atoms with E-state index in [1.54, 1.807) is 36.4 Å². The summed E-state index contributed by atoms with van der Waals surface area (Å²) in [6.45, 7) is 1.73. The Kier molecular flexibility index (Phi) is 5.46. The molecule has 1 aromatic heterocycles. The van der Waals surface area contributed by atoms with Crippen molar-refractivity contribution in [3.63, 3.8) is 0 Å². The largest absolute Gasteiger partial charge is 0.505 e. The lowest BCUT2D eigenvalue weighted by Crippen LogP contribution is -2.12. The van der Waals surface area contributed by atoms with Crippen molar-refractivity contribution >= 4 is 44.5 Å². The summed E-state index contributed by atoms with van der Waals surface area (Å²) in [4.78, 5) is 12.8. The number of nitrogens with zero attached hydrogens (tertiary/aromatic N) is 4. The molecule has 0 saturated heterocycles. The number of amides is 1. The number of nitrogens with one attached hydrogen (secondary N) is 1. The van der Waals surface area contributed by atoms with Gasteiger partial charge in [-0.25, -0.2) is 0 Å². The molecule has 1 amide bonds. The quantitative estimate of drug-likeness (QED) is 0.399. The molecule has 9 heteroatoms. The second-order valence-corrected chi connectivity index (χ2v) is 7.62. The number of hydrogen-bond acceptors (Lipinski definition) is 8. The summed E-state index contributed by atoms with van der Waals surface area (Å²) in [7, 11) is 0. The van der Waals surface area contributed by atoms with Crippen LogP contribution in [0.2, 0.25) is 0 Å². The van der Waals surface area contributed by atoms with E-state index in [0.717, 1.165) is 16.0 Å². The summed E-state index contributed by atoms with van der Waals surface area (Å²) >= 11 is 1.27.